The van der Waals surface area contributed by atoms with E-state index >= 15 is 0 Å². The molecule has 1 heterocycles. The normalized spacial score (nSPS) is 17.8. The number of nitrogens with one attached hydrogen (secondary N) is 1. The van der Waals surface area contributed by atoms with Gasteiger partial charge in [-0.15, -0.1) is 0 Å². The Morgan fingerprint density at radius 1 is 1.50 bits per heavy atom. The molecule has 0 atom stereocenters. The first-order valence-corrected chi connectivity index (χ1v) is 3.36. The maximum Gasteiger partial charge on any atom is 0.00475 e. The highest BCUT2D eigenvalue weighted by Gasteiger charge is 2.01. The van der Waals surface area contributed by atoms with Crippen molar-refractivity contribution in [2.24, 2.45) is 5.11 Å². The summed E-state index contributed by atoms with van der Waals surface area (Å²) in [5.41, 5.74) is 9.24. The van der Waals surface area contributed by atoms with Crippen LogP contribution >= 0.6 is 0 Å². The molecule has 1 aliphatic heterocycles. The smallest absolute Gasteiger partial charge is 0.00475 e. The molecule has 4 heteroatoms. The van der Waals surface area contributed by atoms with Crippen LogP contribution in [0.25, 0.3) is 10.4 Å². The first-order valence-electron chi connectivity index (χ1n) is 3.36. The fourth-order valence-electron chi connectivity index (χ4n) is 0.984. The van der Waals surface area contributed by atoms with Gasteiger partial charge < -0.3 is 5.32 Å². The average molecular weight is 138 g/mol. The number of azide groups is 1. The van der Waals surface area contributed by atoms with Crippen LogP contribution in [0.4, 0.5) is 0 Å². The Morgan fingerprint density at radius 3 is 2.80 bits per heavy atom. The van der Waals surface area contributed by atoms with E-state index < -0.39 is 0 Å². The number of hydrogen-bond donors (Lipinski definition) is 1. The van der Waals surface area contributed by atoms with E-state index in [2.05, 4.69) is 15.3 Å². The molecule has 4 nitrogen and oxygen atoms in total. The quantitative estimate of drug-likeness (QED) is 0.333. The molecule has 0 bridgehead atoms. The van der Waals surface area contributed by atoms with E-state index in [0.29, 0.717) is 0 Å². The number of nitrogens with zero attached hydrogens (tertiary/aromatic N) is 3. The highest BCUT2D eigenvalue weighted by molar-refractivity contribution is 5.04. The van der Waals surface area contributed by atoms with Crippen LogP contribution in [-0.4, -0.2) is 13.1 Å². The highest BCUT2D eigenvalue weighted by Crippen LogP contribution is 2.09. The standard InChI is InChI=1S/C6H10N4/c7-10-9-5-6-1-3-8-4-2-6/h5,8H,1-4H2. The van der Waals surface area contributed by atoms with E-state index in [1.54, 1.807) is 6.20 Å². The van der Waals surface area contributed by atoms with E-state index in [1.807, 2.05) is 0 Å². The lowest BCUT2D eigenvalue weighted by molar-refractivity contribution is 0.608. The minimum absolute atomic E-state index is 1.01. The van der Waals surface area contributed by atoms with Gasteiger partial charge in [0.25, 0.3) is 0 Å². The van der Waals surface area contributed by atoms with Crippen LogP contribution in [0.5, 0.6) is 0 Å². The second-order valence-electron chi connectivity index (χ2n) is 2.24. The molecule has 54 valence electrons. The van der Waals surface area contributed by atoms with Crippen molar-refractivity contribution in [3.63, 3.8) is 0 Å². The van der Waals surface area contributed by atoms with Crippen LogP contribution in [0.3, 0.4) is 0 Å². The number of piperidine rings is 1. The summed E-state index contributed by atoms with van der Waals surface area (Å²) in [6.07, 6.45) is 3.65. The summed E-state index contributed by atoms with van der Waals surface area (Å²) >= 11 is 0. The maximum absolute atomic E-state index is 8.00. The van der Waals surface area contributed by atoms with E-state index in [4.69, 9.17) is 5.53 Å². The van der Waals surface area contributed by atoms with E-state index in [-0.39, 0.29) is 0 Å². The molecule has 1 saturated heterocycles. The lowest BCUT2D eigenvalue weighted by Gasteiger charge is -2.13. The predicted molar refractivity (Wildman–Crippen MR) is 39.3 cm³/mol. The molecule has 0 aromatic heterocycles. The predicted octanol–water partition coefficient (Wildman–Crippen LogP) is 1.56. The summed E-state index contributed by atoms with van der Waals surface area (Å²) in [4.78, 5) is 2.66. The van der Waals surface area contributed by atoms with Crippen molar-refractivity contribution in [2.45, 2.75) is 12.8 Å². The molecule has 1 N–H and O–H groups in total. The molecule has 0 aromatic rings. The minimum atomic E-state index is 1.01. The SMILES string of the molecule is [N-]=[N+]=NC=C1CCNCC1. The molecule has 0 amide bonds. The zero-order valence-electron chi connectivity index (χ0n) is 5.75. The van der Waals surface area contributed by atoms with Crippen molar-refractivity contribution in [3.8, 4) is 0 Å². The first kappa shape index (κ1) is 7.12. The fraction of sp³-hybridized carbons (Fsp3) is 0.667. The van der Waals surface area contributed by atoms with Gasteiger partial charge in [0.05, 0.1) is 0 Å². The fourth-order valence-corrected chi connectivity index (χ4v) is 0.984. The van der Waals surface area contributed by atoms with Gasteiger partial charge in [0, 0.05) is 11.1 Å². The van der Waals surface area contributed by atoms with Crippen LogP contribution < -0.4 is 5.32 Å². The monoisotopic (exact) mass is 138 g/mol. The highest BCUT2D eigenvalue weighted by atomic mass is 15.1. The summed E-state index contributed by atoms with van der Waals surface area (Å²) in [5, 5.41) is 6.60. The van der Waals surface area contributed by atoms with Gasteiger partial charge >= 0.3 is 0 Å². The molecule has 0 aliphatic carbocycles. The summed E-state index contributed by atoms with van der Waals surface area (Å²) in [6.45, 7) is 2.01. The first-order chi connectivity index (χ1) is 4.93. The molecule has 1 rings (SSSR count). The number of hydrogen-bond acceptors (Lipinski definition) is 2. The van der Waals surface area contributed by atoms with Crippen LogP contribution in [0.15, 0.2) is 16.9 Å². The maximum atomic E-state index is 8.00. The molecule has 0 aromatic carbocycles. The third-order valence-electron chi connectivity index (χ3n) is 1.54. The molecule has 10 heavy (non-hydrogen) atoms. The molecule has 0 spiro atoms. The van der Waals surface area contributed by atoms with Gasteiger partial charge in [0.1, 0.15) is 0 Å². The summed E-state index contributed by atoms with van der Waals surface area (Å²) < 4.78 is 0. The molecule has 0 radical (unpaired) electrons. The zero-order chi connectivity index (χ0) is 7.23. The third kappa shape index (κ3) is 2.09. The molecular weight excluding hydrogens is 128 g/mol. The van der Waals surface area contributed by atoms with Crippen LogP contribution in [0.1, 0.15) is 12.8 Å². The van der Waals surface area contributed by atoms with E-state index in [1.165, 1.54) is 5.57 Å². The van der Waals surface area contributed by atoms with Gasteiger partial charge in [0.2, 0.25) is 0 Å². The molecule has 1 fully saturated rings. The topological polar surface area (TPSA) is 60.8 Å². The van der Waals surface area contributed by atoms with Crippen molar-refractivity contribution < 1.29 is 0 Å². The van der Waals surface area contributed by atoms with Crippen molar-refractivity contribution in [3.05, 3.63) is 22.2 Å². The Kier molecular flexibility index (Phi) is 2.80. The largest absolute Gasteiger partial charge is 0.316 e. The Hall–Kier alpha value is -0.990. The van der Waals surface area contributed by atoms with Crippen molar-refractivity contribution >= 4 is 0 Å². The van der Waals surface area contributed by atoms with Crippen molar-refractivity contribution in [2.75, 3.05) is 13.1 Å². The molecular formula is C6H10N4. The summed E-state index contributed by atoms with van der Waals surface area (Å²) in [5.74, 6) is 0. The second kappa shape index (κ2) is 3.93. The van der Waals surface area contributed by atoms with Crippen LogP contribution in [0, 0.1) is 0 Å². The van der Waals surface area contributed by atoms with Gasteiger partial charge in [-0.25, -0.2) is 0 Å². The molecule has 1 aliphatic rings. The Morgan fingerprint density at radius 2 is 2.20 bits per heavy atom. The lowest BCUT2D eigenvalue weighted by atomic mass is 10.1. The minimum Gasteiger partial charge on any atom is -0.316 e. The summed E-state index contributed by atoms with van der Waals surface area (Å²) in [7, 11) is 0. The Labute approximate surface area is 59.6 Å². The van der Waals surface area contributed by atoms with E-state index in [0.717, 1.165) is 25.9 Å². The molecule has 0 saturated carbocycles. The second-order valence-corrected chi connectivity index (χ2v) is 2.24. The third-order valence-corrected chi connectivity index (χ3v) is 1.54. The van der Waals surface area contributed by atoms with E-state index in [9.17, 15) is 0 Å². The molecule has 0 unspecified atom stereocenters. The lowest BCUT2D eigenvalue weighted by Crippen LogP contribution is -2.22. The van der Waals surface area contributed by atoms with Gasteiger partial charge in [0.15, 0.2) is 0 Å². The van der Waals surface area contributed by atoms with Crippen molar-refractivity contribution in [1.29, 1.82) is 0 Å². The average Bonchev–Trinajstić information content (AvgIpc) is 2.03. The Balaban J connectivity index is 2.44. The van der Waals surface area contributed by atoms with Crippen molar-refractivity contribution in [1.82, 2.24) is 5.32 Å². The van der Waals surface area contributed by atoms with Crippen LogP contribution in [0.2, 0.25) is 0 Å². The van der Waals surface area contributed by atoms with Crippen LogP contribution in [-0.2, 0) is 0 Å². The van der Waals surface area contributed by atoms with Gasteiger partial charge in [-0.1, -0.05) is 10.7 Å². The van der Waals surface area contributed by atoms with Gasteiger partial charge in [-0.3, -0.25) is 0 Å². The van der Waals surface area contributed by atoms with Gasteiger partial charge in [-0.2, -0.15) is 0 Å². The van der Waals surface area contributed by atoms with Gasteiger partial charge in [-0.05, 0) is 31.5 Å². The number of rotatable bonds is 1. The summed E-state index contributed by atoms with van der Waals surface area (Å²) in [6, 6.07) is 0. The Bertz CT molecular complexity index is 170. The zero-order valence-corrected chi connectivity index (χ0v) is 5.75.